The molecule has 4 rings (SSSR count). The number of primary amides is 1. The average Bonchev–Trinajstić information content (AvgIpc) is 3.44. The van der Waals surface area contributed by atoms with Crippen molar-refractivity contribution in [3.8, 4) is 12.3 Å². The van der Waals surface area contributed by atoms with E-state index in [1.807, 2.05) is 11.0 Å². The number of nitrogens with zero attached hydrogens (tertiary/aromatic N) is 2. The van der Waals surface area contributed by atoms with Gasteiger partial charge in [-0.15, -0.1) is 6.42 Å². The fraction of sp³-hybridized carbons (Fsp3) is 0.344. The van der Waals surface area contributed by atoms with Crippen LogP contribution in [0, 0.1) is 12.3 Å². The molecule has 246 valence electrons. The summed E-state index contributed by atoms with van der Waals surface area (Å²) in [5.41, 5.74) is 7.91. The number of aliphatic hydroxyl groups is 1. The van der Waals surface area contributed by atoms with Gasteiger partial charge in [0.05, 0.1) is 23.5 Å². The van der Waals surface area contributed by atoms with Crippen molar-refractivity contribution < 1.29 is 39.3 Å². The second-order valence-electron chi connectivity index (χ2n) is 11.0. The summed E-state index contributed by atoms with van der Waals surface area (Å²) >= 11 is 0. The largest absolute Gasteiger partial charge is 0.480 e. The van der Waals surface area contributed by atoms with Crippen LogP contribution in [0.15, 0.2) is 41.2 Å². The molecule has 0 saturated heterocycles. The minimum Gasteiger partial charge on any atom is -0.480 e. The molecule has 2 aromatic carbocycles. The Labute approximate surface area is 268 Å². The first-order valence-electron chi connectivity index (χ1n) is 14.7. The number of aliphatic hydroxyl groups excluding tert-OH is 1. The number of nitrogens with two attached hydrogens (primary N) is 1. The lowest BCUT2D eigenvalue weighted by Gasteiger charge is -2.30. The van der Waals surface area contributed by atoms with Crippen molar-refractivity contribution in [2.45, 2.75) is 63.3 Å². The SMILES string of the molecule is C#CCN(c1ccc(C(=O)N[C@@H](CCC(=O)N[C@H](CCC(N)=O)C(=O)O)C(=O)O)cc1)C1CCc2cc3nc(CO)[nH]c(=O)c3cc21. The summed E-state index contributed by atoms with van der Waals surface area (Å²) in [6, 6.07) is 7.00. The lowest BCUT2D eigenvalue weighted by Crippen LogP contribution is -2.44. The van der Waals surface area contributed by atoms with Gasteiger partial charge in [-0.1, -0.05) is 5.92 Å². The molecule has 0 bridgehead atoms. The minimum absolute atomic E-state index is 0.151. The van der Waals surface area contributed by atoms with E-state index >= 15 is 0 Å². The van der Waals surface area contributed by atoms with Crippen molar-refractivity contribution in [2.24, 2.45) is 5.73 Å². The van der Waals surface area contributed by atoms with Gasteiger partial charge in [0.1, 0.15) is 24.5 Å². The number of aliphatic carboxylic acids is 2. The quantitative estimate of drug-likeness (QED) is 0.111. The van der Waals surface area contributed by atoms with Crippen molar-refractivity contribution in [1.82, 2.24) is 20.6 Å². The van der Waals surface area contributed by atoms with Crippen molar-refractivity contribution in [2.75, 3.05) is 11.4 Å². The first-order valence-corrected chi connectivity index (χ1v) is 14.7. The van der Waals surface area contributed by atoms with Gasteiger partial charge in [0.25, 0.3) is 11.5 Å². The third-order valence-electron chi connectivity index (χ3n) is 7.89. The van der Waals surface area contributed by atoms with Crippen molar-refractivity contribution in [1.29, 1.82) is 0 Å². The maximum absolute atomic E-state index is 13.0. The molecule has 3 atom stereocenters. The average molecular weight is 647 g/mol. The van der Waals surface area contributed by atoms with Crippen LogP contribution in [-0.2, 0) is 32.2 Å². The van der Waals surface area contributed by atoms with Crippen LogP contribution in [0.1, 0.15) is 65.5 Å². The Hall–Kier alpha value is -5.75. The van der Waals surface area contributed by atoms with E-state index in [-0.39, 0.29) is 48.8 Å². The highest BCUT2D eigenvalue weighted by Crippen LogP contribution is 2.39. The van der Waals surface area contributed by atoms with E-state index in [1.54, 1.807) is 18.2 Å². The number of carboxylic acid groups (broad SMARTS) is 2. The van der Waals surface area contributed by atoms with Crippen LogP contribution in [0.5, 0.6) is 0 Å². The number of carboxylic acids is 2. The Kier molecular flexibility index (Phi) is 10.9. The number of hydrogen-bond donors (Lipinski definition) is 7. The van der Waals surface area contributed by atoms with Gasteiger partial charge in [-0.05, 0) is 73.2 Å². The molecule has 1 aliphatic carbocycles. The minimum atomic E-state index is -1.45. The standard InChI is InChI=1S/C32H34N6O9/c1-2-13-38(25-10-5-18-14-24-21(15-20(18)25)30(43)37-27(16-39)34-24)19-6-3-17(4-7-19)29(42)36-23(32(46)47)9-12-28(41)35-22(31(44)45)8-11-26(33)40/h1,3-4,6-7,14-15,22-23,25,39H,5,8-13,16H2,(H2,33,40)(H,35,41)(H,36,42)(H,44,45)(H,46,47)(H,34,37,43)/t22-,23+,25?/m1/s1. The zero-order chi connectivity index (χ0) is 34.2. The Morgan fingerprint density at radius 1 is 1.04 bits per heavy atom. The number of nitrogens with one attached hydrogen (secondary N) is 3. The maximum atomic E-state index is 13.0. The van der Waals surface area contributed by atoms with Crippen molar-refractivity contribution in [3.05, 3.63) is 69.3 Å². The number of rotatable bonds is 15. The normalized spacial score (nSPS) is 14.8. The van der Waals surface area contributed by atoms with Crippen LogP contribution in [0.2, 0.25) is 0 Å². The van der Waals surface area contributed by atoms with Gasteiger partial charge in [0, 0.05) is 24.1 Å². The summed E-state index contributed by atoms with van der Waals surface area (Å²) in [5.74, 6) is -2.13. The molecular formula is C32H34N6O9. The fourth-order valence-electron chi connectivity index (χ4n) is 5.54. The topological polar surface area (TPSA) is 245 Å². The summed E-state index contributed by atoms with van der Waals surface area (Å²) in [4.78, 5) is 80.9. The molecule has 8 N–H and O–H groups in total. The van der Waals surface area contributed by atoms with Gasteiger partial charge >= 0.3 is 11.9 Å². The van der Waals surface area contributed by atoms with E-state index in [0.717, 1.165) is 11.1 Å². The molecule has 1 aromatic heterocycles. The van der Waals surface area contributed by atoms with Gasteiger partial charge in [-0.25, -0.2) is 14.6 Å². The van der Waals surface area contributed by atoms with Crippen LogP contribution in [-0.4, -0.2) is 73.6 Å². The number of benzene rings is 2. The molecule has 3 aromatic rings. The maximum Gasteiger partial charge on any atom is 0.326 e. The first kappa shape index (κ1) is 34.1. The zero-order valence-electron chi connectivity index (χ0n) is 25.2. The van der Waals surface area contributed by atoms with Gasteiger partial charge in [0.15, 0.2) is 0 Å². The molecule has 0 aliphatic heterocycles. The van der Waals surface area contributed by atoms with Crippen molar-refractivity contribution >= 4 is 46.3 Å². The van der Waals surface area contributed by atoms with E-state index in [9.17, 15) is 44.1 Å². The second kappa shape index (κ2) is 15.0. The van der Waals surface area contributed by atoms with Gasteiger partial charge < -0.3 is 41.6 Å². The number of amides is 3. The van der Waals surface area contributed by atoms with Gasteiger partial charge in [-0.3, -0.25) is 19.2 Å². The lowest BCUT2D eigenvalue weighted by molar-refractivity contribution is -0.143. The highest BCUT2D eigenvalue weighted by atomic mass is 16.4. The Bertz CT molecular complexity index is 1800. The van der Waals surface area contributed by atoms with E-state index in [0.29, 0.717) is 29.4 Å². The van der Waals surface area contributed by atoms with Crippen LogP contribution in [0.4, 0.5) is 5.69 Å². The zero-order valence-corrected chi connectivity index (χ0v) is 25.2. The van der Waals surface area contributed by atoms with Crippen LogP contribution < -0.4 is 26.8 Å². The number of anilines is 1. The summed E-state index contributed by atoms with van der Waals surface area (Å²) < 4.78 is 0. The highest BCUT2D eigenvalue weighted by molar-refractivity contribution is 5.97. The molecule has 1 aliphatic rings. The summed E-state index contributed by atoms with van der Waals surface area (Å²) in [7, 11) is 0. The van der Waals surface area contributed by atoms with Crippen LogP contribution in [0.25, 0.3) is 10.9 Å². The third-order valence-corrected chi connectivity index (χ3v) is 7.89. The number of carbonyl (C=O) groups is 5. The van der Waals surface area contributed by atoms with Crippen LogP contribution >= 0.6 is 0 Å². The number of fused-ring (bicyclic) bond motifs is 2. The molecule has 0 saturated carbocycles. The monoisotopic (exact) mass is 646 g/mol. The van der Waals surface area contributed by atoms with E-state index in [1.165, 1.54) is 12.1 Å². The predicted octanol–water partition coefficient (Wildman–Crippen LogP) is 0.341. The summed E-state index contributed by atoms with van der Waals surface area (Å²) in [6.07, 6.45) is 5.90. The highest BCUT2D eigenvalue weighted by Gasteiger charge is 2.30. The second-order valence-corrected chi connectivity index (χ2v) is 11.0. The van der Waals surface area contributed by atoms with E-state index in [4.69, 9.17) is 12.2 Å². The van der Waals surface area contributed by atoms with E-state index < -0.39 is 54.8 Å². The number of aromatic nitrogens is 2. The van der Waals surface area contributed by atoms with Gasteiger partial charge in [0.2, 0.25) is 11.8 Å². The predicted molar refractivity (Wildman–Crippen MR) is 168 cm³/mol. The van der Waals surface area contributed by atoms with E-state index in [2.05, 4.69) is 26.5 Å². The molecule has 0 radical (unpaired) electrons. The number of carbonyl (C=O) groups excluding carboxylic acids is 3. The Balaban J connectivity index is 1.44. The summed E-state index contributed by atoms with van der Waals surface area (Å²) in [6.45, 7) is -0.168. The molecule has 0 fully saturated rings. The Morgan fingerprint density at radius 2 is 1.70 bits per heavy atom. The molecule has 0 spiro atoms. The molecule has 15 heteroatoms. The number of aromatic amines is 1. The molecule has 15 nitrogen and oxygen atoms in total. The number of aryl methyl sites for hydroxylation is 1. The molecule has 1 heterocycles. The first-order chi connectivity index (χ1) is 22.4. The smallest absolute Gasteiger partial charge is 0.326 e. The molecule has 47 heavy (non-hydrogen) atoms. The fourth-order valence-corrected chi connectivity index (χ4v) is 5.54. The van der Waals surface area contributed by atoms with Crippen molar-refractivity contribution in [3.63, 3.8) is 0 Å². The number of H-pyrrole nitrogens is 1. The molecular weight excluding hydrogens is 612 g/mol. The number of terminal acetylenes is 1. The van der Waals surface area contributed by atoms with Gasteiger partial charge in [-0.2, -0.15) is 0 Å². The molecule has 1 unspecified atom stereocenters. The Morgan fingerprint density at radius 3 is 2.32 bits per heavy atom. The number of hydrogen-bond acceptors (Lipinski definition) is 9. The third kappa shape index (κ3) is 8.30. The summed E-state index contributed by atoms with van der Waals surface area (Å²) in [5, 5.41) is 33.3. The van der Waals surface area contributed by atoms with Crippen LogP contribution in [0.3, 0.4) is 0 Å². The lowest BCUT2D eigenvalue weighted by atomic mass is 10.0. The molecule has 3 amide bonds.